The predicted molar refractivity (Wildman–Crippen MR) is 471 cm³/mol. The summed E-state index contributed by atoms with van der Waals surface area (Å²) in [6.07, 6.45) is -14.7. The van der Waals surface area contributed by atoms with Crippen LogP contribution < -0.4 is 36.0 Å². The van der Waals surface area contributed by atoms with E-state index in [1.807, 2.05) is 62.4 Å². The molecule has 2 unspecified atom stereocenters. The Hall–Kier alpha value is -16.4. The average molecular weight is 1920 g/mol. The molecular weight excluding hydrogens is 1870 g/mol. The highest BCUT2D eigenvalue weighted by atomic mass is 32.2. The molecule has 9 aromatic carbocycles. The van der Waals surface area contributed by atoms with Crippen molar-refractivity contribution in [2.75, 3.05) is 6.26 Å². The number of alkyl halides is 12. The molecule has 0 aromatic heterocycles. The van der Waals surface area contributed by atoms with E-state index in [9.17, 15) is 119 Å². The van der Waals surface area contributed by atoms with Gasteiger partial charge in [0, 0.05) is 47.5 Å². The van der Waals surface area contributed by atoms with Crippen LogP contribution in [0, 0.1) is 128 Å². The third-order valence-electron chi connectivity index (χ3n) is 23.3. The quantitative estimate of drug-likeness (QED) is 0.0448. The fraction of sp³-hybridized carbons (Fsp3) is 0.160. The minimum absolute atomic E-state index is 0.00627. The van der Waals surface area contributed by atoms with Gasteiger partial charge in [-0.15, -0.1) is 13.2 Å². The molecule has 9 aromatic rings. The molecule has 0 saturated heterocycles. The normalized spacial score (nSPS) is 14.2. The summed E-state index contributed by atoms with van der Waals surface area (Å²) in [5, 5.41) is 59.5. The Morgan fingerprint density at radius 2 is 0.642 bits per heavy atom. The van der Waals surface area contributed by atoms with Gasteiger partial charge in [-0.1, -0.05) is 148 Å². The lowest BCUT2D eigenvalue weighted by Gasteiger charge is -2.18. The van der Waals surface area contributed by atoms with Gasteiger partial charge in [0.25, 0.3) is 9.84 Å². The zero-order valence-electron chi connectivity index (χ0n) is 70.9. The van der Waals surface area contributed by atoms with Crippen molar-refractivity contribution in [2.45, 2.75) is 105 Å². The third-order valence-corrected chi connectivity index (χ3v) is 27.1. The van der Waals surface area contributed by atoms with Gasteiger partial charge in [-0.2, -0.15) is 100 Å². The molecule has 37 heteroatoms. The van der Waals surface area contributed by atoms with Crippen molar-refractivity contribution < 1.29 is 91.8 Å². The molecule has 0 radical (unpaired) electrons. The number of hydrogen-bond acceptors (Lipinski definition) is 15. The molecule has 0 amide bonds. The first kappa shape index (κ1) is 98.1. The first-order chi connectivity index (χ1) is 64.7. The molecule has 0 fully saturated rings. The average Bonchev–Trinajstić information content (AvgIpc) is 1.54. The van der Waals surface area contributed by atoms with Crippen LogP contribution in [0.15, 0.2) is 235 Å². The van der Waals surface area contributed by atoms with E-state index in [1.165, 1.54) is 36.4 Å². The minimum Gasteiger partial charge on any atom is -0.772 e. The van der Waals surface area contributed by atoms with E-state index in [0.717, 1.165) is 86.5 Å². The first-order valence-corrected chi connectivity index (χ1v) is 45.5. The Morgan fingerprint density at radius 3 is 0.934 bits per heavy atom. The summed E-state index contributed by atoms with van der Waals surface area (Å²) in [6, 6.07) is 47.5. The number of hydrogen-bond donors (Lipinski definition) is 0. The molecule has 0 bridgehead atoms. The van der Waals surface area contributed by atoms with Crippen LogP contribution in [0.4, 0.5) is 52.7 Å². The topological polar surface area (TPSA) is 327 Å². The van der Waals surface area contributed by atoms with Gasteiger partial charge in [0.15, 0.2) is 9.84 Å². The number of rotatable bonds is 13. The molecule has 15 rings (SSSR count). The van der Waals surface area contributed by atoms with Crippen LogP contribution in [-0.4, -0.2) is 52.5 Å². The number of halogens is 12. The summed E-state index contributed by atoms with van der Waals surface area (Å²) in [6.45, 7) is 51.2. The van der Waals surface area contributed by atoms with Crippen LogP contribution in [0.5, 0.6) is 5.75 Å². The molecule has 0 saturated carbocycles. The maximum Gasteiger partial charge on any atom is 0.573 e. The summed E-state index contributed by atoms with van der Waals surface area (Å²) in [7, 11) is -10.6. The second kappa shape index (κ2) is 37.9. The summed E-state index contributed by atoms with van der Waals surface area (Å²) >= 11 is -5.80. The number of ether oxygens (including phenoxy) is 1. The van der Waals surface area contributed by atoms with Gasteiger partial charge in [0.1, 0.15) is 98.3 Å². The van der Waals surface area contributed by atoms with E-state index in [-0.39, 0.29) is 147 Å². The SMILES string of the molecule is [C-]#[N+]C([N+]#[C-])=C1Cc2c(CS(=O)[O-])c3c(c(S(=O)(=O)C(F)(F)F)c2=C1c1ccc(C)cc1)CC(=C(C#N)C#N)C=3c1ccc(C(F)(F)F)cc1.[C-]#[N+]C([N+]#[C-])=C1Cc2c(CS(=O)[O-])c3c(c(S(C)(=O)=O)c2=C1c1ccc(C)cc1)CC(=C(C#N)C#N)C=3c1ccc(C(F)(F)F)cc1.[C-]#[N+]C([N+]#[C-])=C1Cc2cc3c(cc2=C1c1ccc(C)cc1)CC(=C(C#N)C#N)C=3c1ccc(OC(F)(F)F)cc1. The smallest absolute Gasteiger partial charge is 0.573 e. The van der Waals surface area contributed by atoms with E-state index in [1.54, 1.807) is 67.6 Å². The van der Waals surface area contributed by atoms with Crippen LogP contribution in [0.3, 0.4) is 0 Å². The maximum absolute atomic E-state index is 14.7. The molecule has 137 heavy (non-hydrogen) atoms. The van der Waals surface area contributed by atoms with Gasteiger partial charge < -0.3 is 13.8 Å². The highest BCUT2D eigenvalue weighted by Gasteiger charge is 2.52. The Morgan fingerprint density at radius 1 is 0.380 bits per heavy atom. The summed E-state index contributed by atoms with van der Waals surface area (Å²) in [5.41, 5.74) is -1.80. The van der Waals surface area contributed by atoms with E-state index in [2.05, 4.69) is 33.8 Å². The number of fused-ring (bicyclic) bond motifs is 6. The lowest BCUT2D eigenvalue weighted by Crippen LogP contribution is -2.36. The lowest BCUT2D eigenvalue weighted by molar-refractivity contribution is -0.274. The number of sulfone groups is 2. The van der Waals surface area contributed by atoms with Crippen LogP contribution in [0.2, 0.25) is 0 Å². The Labute approximate surface area is 777 Å². The number of nitriles is 6. The van der Waals surface area contributed by atoms with Crippen LogP contribution >= 0.6 is 0 Å². The van der Waals surface area contributed by atoms with E-state index in [4.69, 9.17) is 39.4 Å². The van der Waals surface area contributed by atoms with E-state index in [0.29, 0.717) is 52.0 Å². The largest absolute Gasteiger partial charge is 0.772 e. The molecule has 0 spiro atoms. The lowest BCUT2D eigenvalue weighted by atomic mass is 9.93. The van der Waals surface area contributed by atoms with Gasteiger partial charge in [0.2, 0.25) is 0 Å². The first-order valence-electron chi connectivity index (χ1n) is 39.7. The molecule has 6 aliphatic carbocycles. The van der Waals surface area contributed by atoms with Crippen LogP contribution in [0.25, 0.3) is 62.5 Å². The molecule has 678 valence electrons. The van der Waals surface area contributed by atoms with Crippen molar-refractivity contribution in [3.05, 3.63) is 431 Å². The number of aryl methyl sites for hydroxylation is 3. The fourth-order valence-corrected chi connectivity index (χ4v) is 21.3. The molecule has 2 atom stereocenters. The molecule has 0 N–H and O–H groups in total. The van der Waals surface area contributed by atoms with Gasteiger partial charge >= 0.3 is 41.7 Å². The second-order valence-corrected chi connectivity index (χ2v) is 36.9. The van der Waals surface area contributed by atoms with Crippen LogP contribution in [0.1, 0.15) is 106 Å². The van der Waals surface area contributed by atoms with Crippen molar-refractivity contribution >= 4 is 75.3 Å². The van der Waals surface area contributed by atoms with Gasteiger partial charge in [-0.05, 0) is 237 Å². The highest BCUT2D eigenvalue weighted by Crippen LogP contribution is 2.46. The minimum atomic E-state index is -6.38. The zero-order valence-corrected chi connectivity index (χ0v) is 74.1. The highest BCUT2D eigenvalue weighted by molar-refractivity contribution is 7.92. The van der Waals surface area contributed by atoms with Crippen molar-refractivity contribution in [3.8, 4) is 42.2 Å². The van der Waals surface area contributed by atoms with E-state index < -0.39 is 139 Å². The maximum atomic E-state index is 14.7. The predicted octanol–water partition coefficient (Wildman–Crippen LogP) is 16.1. The van der Waals surface area contributed by atoms with Crippen molar-refractivity contribution in [1.29, 1.82) is 31.6 Å². The summed E-state index contributed by atoms with van der Waals surface area (Å²) in [5.74, 6) is -2.97. The van der Waals surface area contributed by atoms with Crippen molar-refractivity contribution in [2.24, 2.45) is 0 Å². The van der Waals surface area contributed by atoms with Crippen LogP contribution in [-0.2, 0) is 104 Å². The van der Waals surface area contributed by atoms with E-state index >= 15 is 0 Å². The number of allylic oxidation sites excluding steroid dienone is 9. The Balaban J connectivity index is 0.000000175. The third kappa shape index (κ3) is 18.7. The molecule has 21 nitrogen and oxygen atoms in total. The summed E-state index contributed by atoms with van der Waals surface area (Å²) < 4.78 is 271. The van der Waals surface area contributed by atoms with Gasteiger partial charge in [-0.3, -0.25) is 8.42 Å². The van der Waals surface area contributed by atoms with Gasteiger partial charge in [-0.25, -0.2) is 16.8 Å². The molecule has 0 heterocycles. The number of nitrogens with zero attached hydrogens (tertiary/aromatic N) is 12. The molecule has 0 aliphatic heterocycles. The monoisotopic (exact) mass is 1920 g/mol. The van der Waals surface area contributed by atoms with Crippen molar-refractivity contribution in [3.63, 3.8) is 0 Å². The fourth-order valence-electron chi connectivity index (χ4n) is 17.7. The summed E-state index contributed by atoms with van der Waals surface area (Å²) in [4.78, 5) is 18.5. The standard InChI is InChI=1S/C34H18F6N4O4S2.C34H21F3N4O4S2.C32H17F3N4O/c1-17-4-6-18(7-5-17)28-25(32(43-2)44-3)13-23-26(16-49(45)46)29-24(31(30(23)28)50(47,48)34(38,39)40)12-22(20(14-41)15-42)27(29)19-8-10-21(11-9-19)33(35,36)37;1-18-5-7-19(8-6-18)29-26(33(40-2)41-3)14-24-27(17-46(42)43)30-25(32(31(24)29)47(4,44)45)13-23(21(15-38)16-39)28(30)20-9-11-22(12-10-20)34(35,36)37;1-18-4-6-19(7-5-18)30-26-12-21-14-27(23(16-36)17-37)29(20-8-10-24(11-9-20)40-32(33,34)35)25(21)13-22(26)15-28(30)31(38-2)39-3/h4-11H,12-13,16H2,1H3,(H,45,46);5-12H,13-14,17H2,1,4H3,(H,42,43);4-13H,14-15H2,1H3/p-2. The molecular formula is C100H54F12N12O9S4-2. The second-order valence-electron chi connectivity index (χ2n) is 31.3. The zero-order chi connectivity index (χ0) is 99.9. The number of benzene rings is 9. The Kier molecular flexibility index (Phi) is 27.2. The van der Waals surface area contributed by atoms with Gasteiger partial charge in [0.05, 0.1) is 37.6 Å². The van der Waals surface area contributed by atoms with Crippen molar-refractivity contribution in [1.82, 2.24) is 0 Å². The Bertz CT molecular complexity index is 8310. The molecule has 6 aliphatic rings.